The molecule has 24 heavy (non-hydrogen) atoms. The third-order valence-electron chi connectivity index (χ3n) is 3.30. The maximum atomic E-state index is 5.49. The molecule has 0 atom stereocenters. The minimum atomic E-state index is 0.559. The van der Waals surface area contributed by atoms with E-state index in [4.69, 9.17) is 9.15 Å². The topological polar surface area (TPSA) is 53.1 Å². The van der Waals surface area contributed by atoms with Crippen LogP contribution < -0.4 is 4.74 Å². The Morgan fingerprint density at radius 1 is 1.33 bits per heavy atom. The van der Waals surface area contributed by atoms with Gasteiger partial charge in [-0.05, 0) is 28.7 Å². The molecule has 0 saturated heterocycles. The van der Waals surface area contributed by atoms with Crippen LogP contribution in [-0.4, -0.2) is 27.6 Å². The summed E-state index contributed by atoms with van der Waals surface area (Å²) < 4.78 is 13.7. The molecule has 0 N–H and O–H groups in total. The molecule has 3 aromatic rings. The minimum absolute atomic E-state index is 0.559. The molecule has 2 heterocycles. The van der Waals surface area contributed by atoms with E-state index in [0.717, 1.165) is 32.5 Å². The molecule has 7 heteroatoms. The lowest BCUT2D eigenvalue weighted by molar-refractivity contribution is 0.415. The van der Waals surface area contributed by atoms with Gasteiger partial charge in [-0.2, -0.15) is 0 Å². The van der Waals surface area contributed by atoms with E-state index < -0.39 is 0 Å². The van der Waals surface area contributed by atoms with E-state index in [1.54, 1.807) is 25.1 Å². The molecule has 0 amide bonds. The number of nitrogens with zero attached hydrogens (tertiary/aromatic N) is 3. The van der Waals surface area contributed by atoms with Crippen LogP contribution in [0.15, 0.2) is 63.3 Å². The maximum absolute atomic E-state index is 5.49. The molecule has 0 aliphatic heterocycles. The summed E-state index contributed by atoms with van der Waals surface area (Å²) in [5.41, 5.74) is 0.943. The van der Waals surface area contributed by atoms with Crippen LogP contribution in [0.3, 0.4) is 0 Å². The van der Waals surface area contributed by atoms with Crippen molar-refractivity contribution in [1.82, 2.24) is 14.8 Å². The van der Waals surface area contributed by atoms with Crippen molar-refractivity contribution in [2.45, 2.75) is 11.7 Å². The van der Waals surface area contributed by atoms with E-state index >= 15 is 0 Å². The molecule has 3 rings (SSSR count). The van der Waals surface area contributed by atoms with Gasteiger partial charge in [-0.25, -0.2) is 0 Å². The first-order valence-electron chi connectivity index (χ1n) is 7.23. The molecule has 0 bridgehead atoms. The summed E-state index contributed by atoms with van der Waals surface area (Å²) in [6.07, 6.45) is 1.66. The second-order valence-corrected chi connectivity index (χ2v) is 7.07. The number of rotatable bonds is 7. The Hall–Kier alpha value is -1.99. The van der Waals surface area contributed by atoms with Crippen LogP contribution in [0.25, 0.3) is 11.4 Å². The SMILES string of the molecule is C=C(Br)CSc1nnc(-c2cccc(OC)c2)n1Cc1ccco1. The van der Waals surface area contributed by atoms with Gasteiger partial charge in [0.25, 0.3) is 0 Å². The molecule has 1 aromatic carbocycles. The van der Waals surface area contributed by atoms with E-state index in [1.165, 1.54) is 0 Å². The van der Waals surface area contributed by atoms with E-state index in [-0.39, 0.29) is 0 Å². The van der Waals surface area contributed by atoms with Gasteiger partial charge in [-0.3, -0.25) is 4.57 Å². The fraction of sp³-hybridized carbons (Fsp3) is 0.176. The molecule has 0 spiro atoms. The highest BCUT2D eigenvalue weighted by molar-refractivity contribution is 9.11. The van der Waals surface area contributed by atoms with Gasteiger partial charge in [0.2, 0.25) is 0 Å². The molecule has 0 aliphatic rings. The summed E-state index contributed by atoms with van der Waals surface area (Å²) >= 11 is 4.95. The Labute approximate surface area is 152 Å². The zero-order chi connectivity index (χ0) is 16.9. The molecular formula is C17H16BrN3O2S. The predicted octanol–water partition coefficient (Wildman–Crippen LogP) is 4.60. The summed E-state index contributed by atoms with van der Waals surface area (Å²) in [6, 6.07) is 11.6. The molecule has 0 radical (unpaired) electrons. The van der Waals surface area contributed by atoms with Gasteiger partial charge < -0.3 is 9.15 Å². The number of ether oxygens (including phenoxy) is 1. The summed E-state index contributed by atoms with van der Waals surface area (Å²) in [5.74, 6) is 3.11. The average Bonchev–Trinajstić information content (AvgIpc) is 3.23. The van der Waals surface area contributed by atoms with E-state index in [9.17, 15) is 0 Å². The number of aromatic nitrogens is 3. The fourth-order valence-corrected chi connectivity index (χ4v) is 3.25. The molecule has 0 saturated carbocycles. The number of halogens is 1. The molecule has 2 aromatic heterocycles. The normalized spacial score (nSPS) is 10.8. The molecule has 5 nitrogen and oxygen atoms in total. The van der Waals surface area contributed by atoms with E-state index in [1.807, 2.05) is 41.0 Å². The van der Waals surface area contributed by atoms with Crippen molar-refractivity contribution in [3.63, 3.8) is 0 Å². The highest BCUT2D eigenvalue weighted by Crippen LogP contribution is 2.28. The predicted molar refractivity (Wildman–Crippen MR) is 98.6 cm³/mol. The highest BCUT2D eigenvalue weighted by atomic mass is 79.9. The van der Waals surface area contributed by atoms with Crippen molar-refractivity contribution in [2.24, 2.45) is 0 Å². The van der Waals surface area contributed by atoms with Gasteiger partial charge in [0.05, 0.1) is 19.9 Å². The van der Waals surface area contributed by atoms with Crippen LogP contribution in [0.1, 0.15) is 5.76 Å². The average molecular weight is 406 g/mol. The number of hydrogen-bond donors (Lipinski definition) is 0. The number of benzene rings is 1. The number of furan rings is 1. The largest absolute Gasteiger partial charge is 0.497 e. The monoisotopic (exact) mass is 405 g/mol. The van der Waals surface area contributed by atoms with Crippen molar-refractivity contribution >= 4 is 27.7 Å². The summed E-state index contributed by atoms with van der Waals surface area (Å²) in [7, 11) is 1.65. The standard InChI is InChI=1S/C17H16BrN3O2S/c1-12(18)11-24-17-20-19-16(13-5-3-6-14(9-13)22-2)21(17)10-15-7-4-8-23-15/h3-9H,1,10-11H2,2H3. The summed E-state index contributed by atoms with van der Waals surface area (Å²) in [6.45, 7) is 4.43. The molecule has 0 unspecified atom stereocenters. The van der Waals surface area contributed by atoms with Crippen molar-refractivity contribution in [3.05, 3.63) is 59.5 Å². The van der Waals surface area contributed by atoms with Crippen molar-refractivity contribution in [1.29, 1.82) is 0 Å². The van der Waals surface area contributed by atoms with E-state index in [0.29, 0.717) is 12.3 Å². The Kier molecular flexibility index (Phi) is 5.42. The fourth-order valence-electron chi connectivity index (χ4n) is 2.21. The van der Waals surface area contributed by atoms with Crippen LogP contribution in [0.2, 0.25) is 0 Å². The quantitative estimate of drug-likeness (QED) is 0.537. The number of methoxy groups -OCH3 is 1. The Morgan fingerprint density at radius 2 is 2.21 bits per heavy atom. The zero-order valence-electron chi connectivity index (χ0n) is 13.1. The summed E-state index contributed by atoms with van der Waals surface area (Å²) in [5, 5.41) is 9.51. The number of thioether (sulfide) groups is 1. The van der Waals surface area contributed by atoms with Gasteiger partial charge in [0.15, 0.2) is 11.0 Å². The van der Waals surface area contributed by atoms with Crippen LogP contribution >= 0.6 is 27.7 Å². The smallest absolute Gasteiger partial charge is 0.192 e. The zero-order valence-corrected chi connectivity index (χ0v) is 15.5. The second kappa shape index (κ2) is 7.72. The second-order valence-electron chi connectivity index (χ2n) is 5.01. The summed E-state index contributed by atoms with van der Waals surface area (Å²) in [4.78, 5) is 0. The van der Waals surface area contributed by atoms with Crippen molar-refractivity contribution < 1.29 is 9.15 Å². The molecule has 124 valence electrons. The van der Waals surface area contributed by atoms with Crippen LogP contribution in [-0.2, 0) is 6.54 Å². The Morgan fingerprint density at radius 3 is 2.92 bits per heavy atom. The van der Waals surface area contributed by atoms with Crippen LogP contribution in [0.5, 0.6) is 5.75 Å². The van der Waals surface area contributed by atoms with Gasteiger partial charge in [0, 0.05) is 11.3 Å². The molecule has 0 aliphatic carbocycles. The first-order chi connectivity index (χ1) is 11.7. The maximum Gasteiger partial charge on any atom is 0.192 e. The van der Waals surface area contributed by atoms with Gasteiger partial charge >= 0.3 is 0 Å². The van der Waals surface area contributed by atoms with Crippen molar-refractivity contribution in [2.75, 3.05) is 12.9 Å². The van der Waals surface area contributed by atoms with Crippen LogP contribution in [0, 0.1) is 0 Å². The highest BCUT2D eigenvalue weighted by Gasteiger charge is 2.16. The third kappa shape index (κ3) is 3.91. The Bertz CT molecular complexity index is 830. The first-order valence-corrected chi connectivity index (χ1v) is 9.01. The van der Waals surface area contributed by atoms with E-state index in [2.05, 4.69) is 32.7 Å². The lowest BCUT2D eigenvalue weighted by atomic mass is 10.2. The third-order valence-corrected chi connectivity index (χ3v) is 5.00. The molecular weight excluding hydrogens is 390 g/mol. The lowest BCUT2D eigenvalue weighted by Gasteiger charge is -2.09. The van der Waals surface area contributed by atoms with Crippen molar-refractivity contribution in [3.8, 4) is 17.1 Å². The van der Waals surface area contributed by atoms with Gasteiger partial charge in [-0.15, -0.1) is 10.2 Å². The van der Waals surface area contributed by atoms with Gasteiger partial charge in [-0.1, -0.05) is 46.4 Å². The Balaban J connectivity index is 1.99. The number of hydrogen-bond acceptors (Lipinski definition) is 5. The molecule has 0 fully saturated rings. The lowest BCUT2D eigenvalue weighted by Crippen LogP contribution is -2.03. The van der Waals surface area contributed by atoms with Crippen LogP contribution in [0.4, 0.5) is 0 Å². The first kappa shape index (κ1) is 16.9. The minimum Gasteiger partial charge on any atom is -0.497 e. The van der Waals surface area contributed by atoms with Gasteiger partial charge in [0.1, 0.15) is 11.5 Å².